The largest absolute Gasteiger partial charge is 0.276 e. The van der Waals surface area contributed by atoms with Gasteiger partial charge in [0.2, 0.25) is 0 Å². The SMILES string of the molecule is Cc1ccc(S(=O)(=O)N/N=C\c2ccccc2F)cc1. The molecule has 0 spiro atoms. The van der Waals surface area contributed by atoms with Crippen LogP contribution in [0.25, 0.3) is 0 Å². The van der Waals surface area contributed by atoms with Crippen LogP contribution in [0.4, 0.5) is 4.39 Å². The zero-order valence-corrected chi connectivity index (χ0v) is 11.6. The zero-order valence-electron chi connectivity index (χ0n) is 10.7. The number of benzene rings is 2. The molecule has 2 rings (SSSR count). The summed E-state index contributed by atoms with van der Waals surface area (Å²) in [5.74, 6) is -0.467. The lowest BCUT2D eigenvalue weighted by Gasteiger charge is -2.03. The molecule has 2 aromatic rings. The van der Waals surface area contributed by atoms with Crippen molar-refractivity contribution in [1.82, 2.24) is 4.83 Å². The molecule has 0 radical (unpaired) electrons. The highest BCUT2D eigenvalue weighted by molar-refractivity contribution is 7.89. The summed E-state index contributed by atoms with van der Waals surface area (Å²) in [6.07, 6.45) is 1.13. The van der Waals surface area contributed by atoms with Crippen LogP contribution in [0.3, 0.4) is 0 Å². The number of aryl methyl sites for hydroxylation is 1. The van der Waals surface area contributed by atoms with E-state index in [4.69, 9.17) is 0 Å². The summed E-state index contributed by atoms with van der Waals surface area (Å²) in [7, 11) is -3.73. The van der Waals surface area contributed by atoms with Gasteiger partial charge in [-0.25, -0.2) is 9.22 Å². The van der Waals surface area contributed by atoms with E-state index in [1.165, 1.54) is 24.3 Å². The predicted octanol–water partition coefficient (Wildman–Crippen LogP) is 2.45. The molecule has 2 aromatic carbocycles. The summed E-state index contributed by atoms with van der Waals surface area (Å²) in [4.78, 5) is 2.15. The van der Waals surface area contributed by atoms with E-state index < -0.39 is 15.8 Å². The van der Waals surface area contributed by atoms with Crippen LogP contribution in [0.15, 0.2) is 58.5 Å². The monoisotopic (exact) mass is 292 g/mol. The Bertz CT molecular complexity index is 725. The van der Waals surface area contributed by atoms with Gasteiger partial charge in [-0.05, 0) is 25.1 Å². The molecule has 1 N–H and O–H groups in total. The van der Waals surface area contributed by atoms with Crippen LogP contribution in [0.2, 0.25) is 0 Å². The molecule has 0 saturated heterocycles. The molecule has 0 amide bonds. The van der Waals surface area contributed by atoms with E-state index in [1.807, 2.05) is 11.8 Å². The van der Waals surface area contributed by atoms with E-state index in [-0.39, 0.29) is 10.5 Å². The first-order chi connectivity index (χ1) is 9.49. The Morgan fingerprint density at radius 3 is 2.40 bits per heavy atom. The highest BCUT2D eigenvalue weighted by Gasteiger charge is 2.11. The fourth-order valence-corrected chi connectivity index (χ4v) is 2.31. The minimum absolute atomic E-state index is 0.105. The second-order valence-electron chi connectivity index (χ2n) is 4.19. The van der Waals surface area contributed by atoms with E-state index >= 15 is 0 Å². The van der Waals surface area contributed by atoms with Crippen molar-refractivity contribution in [1.29, 1.82) is 0 Å². The molecule has 104 valence electrons. The van der Waals surface area contributed by atoms with E-state index in [1.54, 1.807) is 24.3 Å². The summed E-state index contributed by atoms with van der Waals surface area (Å²) in [6, 6.07) is 12.3. The number of hydrogen-bond acceptors (Lipinski definition) is 3. The minimum atomic E-state index is -3.73. The van der Waals surface area contributed by atoms with Crippen LogP contribution in [-0.4, -0.2) is 14.6 Å². The molecule has 0 fully saturated rings. The maximum atomic E-state index is 13.3. The second-order valence-corrected chi connectivity index (χ2v) is 5.85. The first-order valence-corrected chi connectivity index (χ1v) is 7.33. The van der Waals surface area contributed by atoms with Crippen molar-refractivity contribution in [3.8, 4) is 0 Å². The number of halogens is 1. The first-order valence-electron chi connectivity index (χ1n) is 5.85. The highest BCUT2D eigenvalue weighted by atomic mass is 32.2. The van der Waals surface area contributed by atoms with Crippen LogP contribution >= 0.6 is 0 Å². The van der Waals surface area contributed by atoms with Crippen LogP contribution in [0.5, 0.6) is 0 Å². The molecule has 0 heterocycles. The summed E-state index contributed by atoms with van der Waals surface area (Å²) in [6.45, 7) is 1.86. The van der Waals surface area contributed by atoms with Crippen molar-refractivity contribution in [2.75, 3.05) is 0 Å². The lowest BCUT2D eigenvalue weighted by atomic mass is 10.2. The van der Waals surface area contributed by atoms with Crippen molar-refractivity contribution in [3.63, 3.8) is 0 Å². The number of nitrogens with zero attached hydrogens (tertiary/aromatic N) is 1. The van der Waals surface area contributed by atoms with Gasteiger partial charge in [0.05, 0.1) is 11.1 Å². The van der Waals surface area contributed by atoms with E-state index in [0.29, 0.717) is 0 Å². The quantitative estimate of drug-likeness (QED) is 0.695. The van der Waals surface area contributed by atoms with E-state index in [0.717, 1.165) is 11.8 Å². The standard InChI is InChI=1S/C14H13FN2O2S/c1-11-6-8-13(9-7-11)20(18,19)17-16-10-12-4-2-3-5-14(12)15/h2-10,17H,1H3/b16-10-. The van der Waals surface area contributed by atoms with Crippen LogP contribution in [0.1, 0.15) is 11.1 Å². The van der Waals surface area contributed by atoms with E-state index in [9.17, 15) is 12.8 Å². The molecule has 6 heteroatoms. The summed E-state index contributed by atoms with van der Waals surface area (Å²) in [5.41, 5.74) is 1.16. The lowest BCUT2D eigenvalue weighted by molar-refractivity contribution is 0.584. The lowest BCUT2D eigenvalue weighted by Crippen LogP contribution is -2.18. The van der Waals surface area contributed by atoms with Crippen LogP contribution in [0, 0.1) is 12.7 Å². The Labute approximate surface area is 117 Å². The Hall–Kier alpha value is -2.21. The Balaban J connectivity index is 2.14. The van der Waals surface area contributed by atoms with Crippen molar-refractivity contribution >= 4 is 16.2 Å². The summed E-state index contributed by atoms with van der Waals surface area (Å²) < 4.78 is 37.1. The summed E-state index contributed by atoms with van der Waals surface area (Å²) >= 11 is 0. The normalized spacial score (nSPS) is 11.7. The second kappa shape index (κ2) is 5.83. The number of hydrazone groups is 1. The third-order valence-corrected chi connectivity index (χ3v) is 3.85. The fraction of sp³-hybridized carbons (Fsp3) is 0.0714. The predicted molar refractivity (Wildman–Crippen MR) is 75.5 cm³/mol. The Kier molecular flexibility index (Phi) is 4.14. The average molecular weight is 292 g/mol. The topological polar surface area (TPSA) is 58.5 Å². The zero-order chi connectivity index (χ0) is 14.6. The number of hydrogen-bond donors (Lipinski definition) is 1. The molecule has 0 atom stereocenters. The van der Waals surface area contributed by atoms with Gasteiger partial charge in [-0.1, -0.05) is 35.9 Å². The van der Waals surface area contributed by atoms with Crippen molar-refractivity contribution in [2.24, 2.45) is 5.10 Å². The van der Waals surface area contributed by atoms with Gasteiger partial charge in [0.15, 0.2) is 0 Å². The minimum Gasteiger partial charge on any atom is -0.206 e. The van der Waals surface area contributed by atoms with Crippen molar-refractivity contribution in [2.45, 2.75) is 11.8 Å². The average Bonchev–Trinajstić information content (AvgIpc) is 2.41. The third-order valence-electron chi connectivity index (χ3n) is 2.61. The number of rotatable bonds is 4. The van der Waals surface area contributed by atoms with Gasteiger partial charge in [0, 0.05) is 5.56 Å². The van der Waals surface area contributed by atoms with Gasteiger partial charge in [0.25, 0.3) is 10.0 Å². The molecule has 0 saturated carbocycles. The molecule has 0 unspecified atom stereocenters. The van der Waals surface area contributed by atoms with Crippen molar-refractivity contribution < 1.29 is 12.8 Å². The fourth-order valence-electron chi connectivity index (χ4n) is 1.52. The molecule has 0 aliphatic carbocycles. The molecule has 4 nitrogen and oxygen atoms in total. The van der Waals surface area contributed by atoms with Crippen molar-refractivity contribution in [3.05, 3.63) is 65.5 Å². The summed E-state index contributed by atoms with van der Waals surface area (Å²) in [5, 5.41) is 3.57. The molecule has 0 aliphatic rings. The molecule has 0 bridgehead atoms. The molecule has 0 aliphatic heterocycles. The molecular weight excluding hydrogens is 279 g/mol. The third kappa shape index (κ3) is 3.42. The number of sulfonamides is 1. The maximum absolute atomic E-state index is 13.3. The molecule has 20 heavy (non-hydrogen) atoms. The van der Waals surface area contributed by atoms with Gasteiger partial charge in [0.1, 0.15) is 5.82 Å². The first kappa shape index (κ1) is 14.2. The Morgan fingerprint density at radius 1 is 1.10 bits per heavy atom. The van der Waals surface area contributed by atoms with Gasteiger partial charge in [-0.3, -0.25) is 0 Å². The van der Waals surface area contributed by atoms with Gasteiger partial charge < -0.3 is 0 Å². The van der Waals surface area contributed by atoms with Gasteiger partial charge >= 0.3 is 0 Å². The van der Waals surface area contributed by atoms with Gasteiger partial charge in [-0.15, -0.1) is 0 Å². The van der Waals surface area contributed by atoms with Gasteiger partial charge in [-0.2, -0.15) is 13.5 Å². The molecule has 0 aromatic heterocycles. The molecular formula is C14H13FN2O2S. The van der Waals surface area contributed by atoms with E-state index in [2.05, 4.69) is 5.10 Å². The number of nitrogens with one attached hydrogen (secondary N) is 1. The van der Waals surface area contributed by atoms with Crippen LogP contribution in [-0.2, 0) is 10.0 Å². The Morgan fingerprint density at radius 2 is 1.75 bits per heavy atom. The smallest absolute Gasteiger partial charge is 0.206 e. The maximum Gasteiger partial charge on any atom is 0.276 e. The highest BCUT2D eigenvalue weighted by Crippen LogP contribution is 2.09. The van der Waals surface area contributed by atoms with Crippen LogP contribution < -0.4 is 4.83 Å².